The maximum absolute atomic E-state index is 6.37. The minimum absolute atomic E-state index is 0.606. The van der Waals surface area contributed by atoms with E-state index in [0.717, 1.165) is 44.0 Å². The van der Waals surface area contributed by atoms with Crippen LogP contribution >= 0.6 is 0 Å². The largest absolute Gasteiger partial charge is 0.456 e. The van der Waals surface area contributed by atoms with Crippen molar-refractivity contribution in [3.05, 3.63) is 140 Å². The van der Waals surface area contributed by atoms with E-state index in [1.54, 1.807) is 0 Å². The number of rotatable bonds is 3. The summed E-state index contributed by atoms with van der Waals surface area (Å²) in [4.78, 5) is 15.0. The van der Waals surface area contributed by atoms with Gasteiger partial charge in [-0.2, -0.15) is 0 Å². The fourth-order valence-electron chi connectivity index (χ4n) is 6.09. The molecule has 2 heterocycles. The molecule has 7 aromatic carbocycles. The molecule has 0 aliphatic heterocycles. The lowest BCUT2D eigenvalue weighted by atomic mass is 10.00. The molecule has 200 valence electrons. The third-order valence-electron chi connectivity index (χ3n) is 8.27. The zero-order chi connectivity index (χ0) is 28.3. The Balaban J connectivity index is 1.24. The second kappa shape index (κ2) is 9.33. The molecule has 0 saturated heterocycles. The van der Waals surface area contributed by atoms with Crippen molar-refractivity contribution in [2.75, 3.05) is 0 Å². The van der Waals surface area contributed by atoms with Gasteiger partial charge >= 0.3 is 0 Å². The van der Waals surface area contributed by atoms with Gasteiger partial charge in [0, 0.05) is 27.5 Å². The Morgan fingerprint density at radius 3 is 1.67 bits per heavy atom. The number of hydrogen-bond donors (Lipinski definition) is 0. The molecule has 0 amide bonds. The monoisotopic (exact) mass is 549 g/mol. The molecular formula is C39H23N3O. The highest BCUT2D eigenvalue weighted by atomic mass is 16.3. The summed E-state index contributed by atoms with van der Waals surface area (Å²) in [5.74, 6) is 1.87. The molecule has 4 nitrogen and oxygen atoms in total. The molecule has 0 unspecified atom stereocenters. The lowest BCUT2D eigenvalue weighted by Crippen LogP contribution is -2.00. The first kappa shape index (κ1) is 23.8. The fraction of sp³-hybridized carbons (Fsp3) is 0. The quantitative estimate of drug-likeness (QED) is 0.206. The molecular weight excluding hydrogens is 526 g/mol. The topological polar surface area (TPSA) is 51.8 Å². The molecule has 0 aliphatic rings. The van der Waals surface area contributed by atoms with Crippen LogP contribution in [0.3, 0.4) is 0 Å². The van der Waals surface area contributed by atoms with Gasteiger partial charge < -0.3 is 4.42 Å². The van der Waals surface area contributed by atoms with Gasteiger partial charge in [0.2, 0.25) is 0 Å². The van der Waals surface area contributed by atoms with Crippen molar-refractivity contribution in [2.24, 2.45) is 0 Å². The number of fused-ring (bicyclic) bond motifs is 7. The van der Waals surface area contributed by atoms with Crippen molar-refractivity contribution in [1.29, 1.82) is 0 Å². The van der Waals surface area contributed by atoms with E-state index in [1.807, 2.05) is 36.4 Å². The predicted molar refractivity (Wildman–Crippen MR) is 176 cm³/mol. The van der Waals surface area contributed by atoms with Crippen LogP contribution in [0.1, 0.15) is 0 Å². The van der Waals surface area contributed by atoms with Crippen LogP contribution in [0.15, 0.2) is 144 Å². The lowest BCUT2D eigenvalue weighted by molar-refractivity contribution is 0.669. The van der Waals surface area contributed by atoms with Crippen molar-refractivity contribution in [2.45, 2.75) is 0 Å². The van der Waals surface area contributed by atoms with Gasteiger partial charge in [-0.25, -0.2) is 15.0 Å². The van der Waals surface area contributed by atoms with Crippen LogP contribution in [0.5, 0.6) is 0 Å². The van der Waals surface area contributed by atoms with Crippen LogP contribution in [0.4, 0.5) is 0 Å². The molecule has 43 heavy (non-hydrogen) atoms. The Morgan fingerprint density at radius 1 is 0.326 bits per heavy atom. The first-order chi connectivity index (χ1) is 21.3. The maximum Gasteiger partial charge on any atom is 0.164 e. The summed E-state index contributed by atoms with van der Waals surface area (Å²) >= 11 is 0. The molecule has 0 atom stereocenters. The minimum Gasteiger partial charge on any atom is -0.456 e. The highest BCUT2D eigenvalue weighted by Gasteiger charge is 2.15. The molecule has 0 aliphatic carbocycles. The summed E-state index contributed by atoms with van der Waals surface area (Å²) < 4.78 is 6.37. The number of aromatic nitrogens is 3. The molecule has 0 fully saturated rings. The third kappa shape index (κ3) is 3.96. The predicted octanol–water partition coefficient (Wildman–Crippen LogP) is 10.2. The standard InChI is InChI=1S/C39H23N3O/c1-2-9-26(10-3-1)37-40-38(29-17-16-25-15-14-24-8-6-7-13-31(24)33(25)21-29)42-39(41-37)30-18-19-32-34-20-27-11-4-5-12-28(27)22-36(34)43-35(32)23-30/h1-23H. The molecule has 0 spiro atoms. The van der Waals surface area contributed by atoms with E-state index in [-0.39, 0.29) is 0 Å². The summed E-state index contributed by atoms with van der Waals surface area (Å²) in [7, 11) is 0. The van der Waals surface area contributed by atoms with E-state index < -0.39 is 0 Å². The molecule has 0 N–H and O–H groups in total. The molecule has 0 radical (unpaired) electrons. The SMILES string of the molecule is c1ccc(-c2nc(-c3ccc4c(c3)oc3cc5ccccc5cc34)nc(-c3ccc4ccc5ccccc5c4c3)n2)cc1. The van der Waals surface area contributed by atoms with Crippen molar-refractivity contribution < 1.29 is 4.42 Å². The summed E-state index contributed by atoms with van der Waals surface area (Å²) in [6.45, 7) is 0. The van der Waals surface area contributed by atoms with Crippen molar-refractivity contribution >= 4 is 54.3 Å². The first-order valence-electron chi connectivity index (χ1n) is 14.4. The minimum atomic E-state index is 0.606. The third-order valence-corrected chi connectivity index (χ3v) is 8.27. The first-order valence-corrected chi connectivity index (χ1v) is 14.4. The van der Waals surface area contributed by atoms with Gasteiger partial charge in [0.15, 0.2) is 17.5 Å². The zero-order valence-electron chi connectivity index (χ0n) is 23.0. The summed E-state index contributed by atoms with van der Waals surface area (Å²) in [5.41, 5.74) is 4.44. The van der Waals surface area contributed by atoms with E-state index >= 15 is 0 Å². The molecule has 9 aromatic rings. The Kier molecular flexibility index (Phi) is 5.16. The second-order valence-electron chi connectivity index (χ2n) is 10.9. The van der Waals surface area contributed by atoms with Gasteiger partial charge in [0.1, 0.15) is 11.2 Å². The summed E-state index contributed by atoms with van der Waals surface area (Å²) in [6, 6.07) is 48.2. The molecule has 0 bridgehead atoms. The maximum atomic E-state index is 6.37. The van der Waals surface area contributed by atoms with E-state index in [2.05, 4.69) is 103 Å². The Morgan fingerprint density at radius 2 is 0.884 bits per heavy atom. The zero-order valence-corrected chi connectivity index (χ0v) is 23.0. The highest BCUT2D eigenvalue weighted by molar-refractivity contribution is 6.11. The highest BCUT2D eigenvalue weighted by Crippen LogP contribution is 2.35. The van der Waals surface area contributed by atoms with E-state index in [0.29, 0.717) is 17.5 Å². The van der Waals surface area contributed by atoms with Crippen molar-refractivity contribution in [1.82, 2.24) is 15.0 Å². The average molecular weight is 550 g/mol. The van der Waals surface area contributed by atoms with Gasteiger partial charge in [-0.1, -0.05) is 109 Å². The Labute approximate surface area is 246 Å². The number of nitrogens with zero attached hydrogens (tertiary/aromatic N) is 3. The number of benzene rings is 7. The summed E-state index contributed by atoms with van der Waals surface area (Å²) in [6.07, 6.45) is 0. The Bertz CT molecular complexity index is 2510. The van der Waals surface area contributed by atoms with Crippen LogP contribution in [0.25, 0.3) is 88.4 Å². The van der Waals surface area contributed by atoms with Gasteiger partial charge in [0.25, 0.3) is 0 Å². The van der Waals surface area contributed by atoms with Crippen molar-refractivity contribution in [3.8, 4) is 34.2 Å². The molecule has 0 saturated carbocycles. The number of furan rings is 1. The van der Waals surface area contributed by atoms with Gasteiger partial charge in [0.05, 0.1) is 0 Å². The van der Waals surface area contributed by atoms with Crippen LogP contribution in [-0.4, -0.2) is 15.0 Å². The molecule has 2 aromatic heterocycles. The van der Waals surface area contributed by atoms with Crippen molar-refractivity contribution in [3.63, 3.8) is 0 Å². The fourth-order valence-corrected chi connectivity index (χ4v) is 6.09. The van der Waals surface area contributed by atoms with Crippen LogP contribution in [0.2, 0.25) is 0 Å². The normalized spacial score (nSPS) is 11.7. The van der Waals surface area contributed by atoms with Crippen LogP contribution < -0.4 is 0 Å². The number of hydrogen-bond acceptors (Lipinski definition) is 4. The smallest absolute Gasteiger partial charge is 0.164 e. The molecule has 4 heteroatoms. The summed E-state index contributed by atoms with van der Waals surface area (Å²) in [5, 5.41) is 9.31. The van der Waals surface area contributed by atoms with Gasteiger partial charge in [-0.3, -0.25) is 0 Å². The second-order valence-corrected chi connectivity index (χ2v) is 10.9. The van der Waals surface area contributed by atoms with E-state index in [1.165, 1.54) is 26.9 Å². The van der Waals surface area contributed by atoms with Gasteiger partial charge in [-0.15, -0.1) is 0 Å². The van der Waals surface area contributed by atoms with Crippen LogP contribution in [-0.2, 0) is 0 Å². The lowest BCUT2D eigenvalue weighted by Gasteiger charge is -2.10. The van der Waals surface area contributed by atoms with E-state index in [9.17, 15) is 0 Å². The Hall–Kier alpha value is -5.87. The van der Waals surface area contributed by atoms with Crippen LogP contribution in [0, 0.1) is 0 Å². The molecule has 9 rings (SSSR count). The average Bonchev–Trinajstić information content (AvgIpc) is 3.43. The van der Waals surface area contributed by atoms with Gasteiger partial charge in [-0.05, 0) is 62.6 Å². The van der Waals surface area contributed by atoms with E-state index in [4.69, 9.17) is 19.4 Å².